The Morgan fingerprint density at radius 1 is 1.36 bits per heavy atom. The van der Waals surface area contributed by atoms with Gasteiger partial charge in [-0.1, -0.05) is 6.07 Å². The average molecular weight is 206 g/mol. The van der Waals surface area contributed by atoms with E-state index in [0.717, 1.165) is 10.3 Å². The van der Waals surface area contributed by atoms with E-state index in [9.17, 15) is 0 Å². The smallest absolute Gasteiger partial charge is 0.178 e. The fraction of sp³-hybridized carbons (Fsp3) is 0.364. The fourth-order valence-electron chi connectivity index (χ4n) is 1.76. The van der Waals surface area contributed by atoms with Crippen molar-refractivity contribution in [3.63, 3.8) is 0 Å². The van der Waals surface area contributed by atoms with Gasteiger partial charge in [-0.05, 0) is 50.7 Å². The van der Waals surface area contributed by atoms with Crippen LogP contribution in [0.15, 0.2) is 18.2 Å². The molecule has 0 radical (unpaired) electrons. The summed E-state index contributed by atoms with van der Waals surface area (Å²) in [7, 11) is 0. The van der Waals surface area contributed by atoms with Crippen LogP contribution in [0.3, 0.4) is 0 Å². The highest BCUT2D eigenvalue weighted by atomic mass is 32.1. The Morgan fingerprint density at radius 3 is 2.71 bits per heavy atom. The zero-order chi connectivity index (χ0) is 10.3. The molecule has 3 heteroatoms. The van der Waals surface area contributed by atoms with Crippen molar-refractivity contribution >= 4 is 23.3 Å². The van der Waals surface area contributed by atoms with E-state index in [1.165, 1.54) is 11.1 Å². The Kier molecular flexibility index (Phi) is 2.19. The van der Waals surface area contributed by atoms with E-state index in [2.05, 4.69) is 48.5 Å². The molecule has 0 atom stereocenters. The Morgan fingerprint density at radius 2 is 2.07 bits per heavy atom. The standard InChI is InChI=1S/C11H14N2S/c1-7(2)13-10-5-4-8(3)6-9(10)12-11(13)14/h4-7H,1-3H3,(H,12,14). The number of rotatable bonds is 1. The van der Waals surface area contributed by atoms with Crippen LogP contribution in [0, 0.1) is 11.7 Å². The number of aromatic amines is 1. The highest BCUT2D eigenvalue weighted by Crippen LogP contribution is 2.19. The number of hydrogen-bond acceptors (Lipinski definition) is 1. The van der Waals surface area contributed by atoms with Crippen molar-refractivity contribution in [1.82, 2.24) is 9.55 Å². The van der Waals surface area contributed by atoms with Gasteiger partial charge >= 0.3 is 0 Å². The monoisotopic (exact) mass is 206 g/mol. The van der Waals surface area contributed by atoms with E-state index in [-0.39, 0.29) is 0 Å². The average Bonchev–Trinajstić information content (AvgIpc) is 2.39. The van der Waals surface area contributed by atoms with Gasteiger partial charge in [0.15, 0.2) is 4.77 Å². The molecule has 2 aromatic rings. The minimum Gasteiger partial charge on any atom is -0.331 e. The van der Waals surface area contributed by atoms with Crippen LogP contribution in [-0.2, 0) is 0 Å². The molecule has 0 amide bonds. The number of imidazole rings is 1. The molecule has 14 heavy (non-hydrogen) atoms. The normalized spacial score (nSPS) is 11.4. The maximum Gasteiger partial charge on any atom is 0.178 e. The van der Waals surface area contributed by atoms with Gasteiger partial charge in [0.1, 0.15) is 0 Å². The molecular formula is C11H14N2S. The summed E-state index contributed by atoms with van der Waals surface area (Å²) >= 11 is 5.28. The van der Waals surface area contributed by atoms with E-state index in [1.54, 1.807) is 0 Å². The lowest BCUT2D eigenvalue weighted by Gasteiger charge is -2.07. The van der Waals surface area contributed by atoms with E-state index in [4.69, 9.17) is 12.2 Å². The zero-order valence-electron chi connectivity index (χ0n) is 8.66. The second kappa shape index (κ2) is 3.24. The first-order chi connectivity index (χ1) is 6.59. The molecule has 1 aromatic heterocycles. The van der Waals surface area contributed by atoms with Crippen molar-refractivity contribution < 1.29 is 0 Å². The molecule has 0 saturated carbocycles. The minimum absolute atomic E-state index is 0.402. The Labute approximate surface area is 88.6 Å². The van der Waals surface area contributed by atoms with E-state index < -0.39 is 0 Å². The molecule has 2 rings (SSSR count). The predicted octanol–water partition coefficient (Wildman–Crippen LogP) is 3.59. The number of fused-ring (bicyclic) bond motifs is 1. The third-order valence-corrected chi connectivity index (χ3v) is 2.69. The van der Waals surface area contributed by atoms with Gasteiger partial charge in [0.05, 0.1) is 11.0 Å². The van der Waals surface area contributed by atoms with Gasteiger partial charge in [-0.3, -0.25) is 0 Å². The van der Waals surface area contributed by atoms with Crippen molar-refractivity contribution in [3.05, 3.63) is 28.5 Å². The topological polar surface area (TPSA) is 20.7 Å². The van der Waals surface area contributed by atoms with Gasteiger partial charge in [-0.15, -0.1) is 0 Å². The Hall–Kier alpha value is -1.09. The molecule has 0 aliphatic carbocycles. The van der Waals surface area contributed by atoms with Crippen molar-refractivity contribution in [2.75, 3.05) is 0 Å². The third kappa shape index (κ3) is 1.38. The second-order valence-electron chi connectivity index (χ2n) is 3.91. The zero-order valence-corrected chi connectivity index (χ0v) is 9.48. The lowest BCUT2D eigenvalue weighted by atomic mass is 10.2. The molecule has 0 aliphatic rings. The summed E-state index contributed by atoms with van der Waals surface area (Å²) in [6.45, 7) is 6.37. The number of nitrogens with zero attached hydrogens (tertiary/aromatic N) is 1. The first kappa shape index (κ1) is 9.46. The van der Waals surface area contributed by atoms with Gasteiger partial charge in [0, 0.05) is 6.04 Å². The quantitative estimate of drug-likeness (QED) is 0.707. The molecule has 0 spiro atoms. The Balaban J connectivity index is 2.84. The van der Waals surface area contributed by atoms with E-state index >= 15 is 0 Å². The van der Waals surface area contributed by atoms with Crippen LogP contribution >= 0.6 is 12.2 Å². The van der Waals surface area contributed by atoms with Crippen LogP contribution in [0.1, 0.15) is 25.5 Å². The summed E-state index contributed by atoms with van der Waals surface area (Å²) in [5, 5.41) is 0. The summed E-state index contributed by atoms with van der Waals surface area (Å²) in [6.07, 6.45) is 0. The van der Waals surface area contributed by atoms with Gasteiger partial charge in [-0.25, -0.2) is 0 Å². The molecule has 1 aromatic carbocycles. The van der Waals surface area contributed by atoms with Gasteiger partial charge in [0.2, 0.25) is 0 Å². The molecule has 0 unspecified atom stereocenters. The van der Waals surface area contributed by atoms with Gasteiger partial charge in [-0.2, -0.15) is 0 Å². The molecule has 0 aliphatic heterocycles. The summed E-state index contributed by atoms with van der Waals surface area (Å²) in [5.74, 6) is 0. The van der Waals surface area contributed by atoms with Crippen LogP contribution in [0.2, 0.25) is 0 Å². The fourth-order valence-corrected chi connectivity index (χ4v) is 2.18. The first-order valence-corrected chi connectivity index (χ1v) is 5.21. The largest absolute Gasteiger partial charge is 0.331 e. The maximum atomic E-state index is 5.28. The summed E-state index contributed by atoms with van der Waals surface area (Å²) in [4.78, 5) is 3.23. The van der Waals surface area contributed by atoms with E-state index in [0.29, 0.717) is 6.04 Å². The predicted molar refractivity (Wildman–Crippen MR) is 62.2 cm³/mol. The highest BCUT2D eigenvalue weighted by molar-refractivity contribution is 7.71. The number of aromatic nitrogens is 2. The highest BCUT2D eigenvalue weighted by Gasteiger charge is 2.06. The van der Waals surface area contributed by atoms with E-state index in [1.807, 2.05) is 0 Å². The third-order valence-electron chi connectivity index (χ3n) is 2.39. The second-order valence-corrected chi connectivity index (χ2v) is 4.30. The van der Waals surface area contributed by atoms with Crippen LogP contribution in [0.4, 0.5) is 0 Å². The maximum absolute atomic E-state index is 5.28. The van der Waals surface area contributed by atoms with Gasteiger partial charge in [0.25, 0.3) is 0 Å². The van der Waals surface area contributed by atoms with Crippen LogP contribution in [0.5, 0.6) is 0 Å². The molecule has 74 valence electrons. The SMILES string of the molecule is Cc1ccc2c(c1)[nH]c(=S)n2C(C)C. The van der Waals surface area contributed by atoms with Crippen molar-refractivity contribution in [1.29, 1.82) is 0 Å². The van der Waals surface area contributed by atoms with Crippen LogP contribution in [-0.4, -0.2) is 9.55 Å². The van der Waals surface area contributed by atoms with Gasteiger partial charge < -0.3 is 9.55 Å². The minimum atomic E-state index is 0.402. The van der Waals surface area contributed by atoms with Crippen LogP contribution < -0.4 is 0 Å². The first-order valence-electron chi connectivity index (χ1n) is 4.80. The molecule has 0 bridgehead atoms. The number of benzene rings is 1. The molecule has 0 saturated heterocycles. The summed E-state index contributed by atoms with van der Waals surface area (Å²) in [6, 6.07) is 6.77. The lowest BCUT2D eigenvalue weighted by Crippen LogP contribution is -1.99. The lowest BCUT2D eigenvalue weighted by molar-refractivity contribution is 0.610. The van der Waals surface area contributed by atoms with Crippen molar-refractivity contribution in [3.8, 4) is 0 Å². The number of nitrogens with one attached hydrogen (secondary N) is 1. The molecule has 1 N–H and O–H groups in total. The number of hydrogen-bond donors (Lipinski definition) is 1. The molecule has 2 nitrogen and oxygen atoms in total. The molecule has 1 heterocycles. The molecule has 0 fully saturated rings. The Bertz CT molecular complexity index is 520. The van der Waals surface area contributed by atoms with Crippen molar-refractivity contribution in [2.24, 2.45) is 0 Å². The summed E-state index contributed by atoms with van der Waals surface area (Å²) < 4.78 is 2.95. The molecular weight excluding hydrogens is 192 g/mol. The van der Waals surface area contributed by atoms with Crippen molar-refractivity contribution in [2.45, 2.75) is 26.8 Å². The number of H-pyrrole nitrogens is 1. The summed E-state index contributed by atoms with van der Waals surface area (Å²) in [5.41, 5.74) is 3.57. The van der Waals surface area contributed by atoms with Crippen LogP contribution in [0.25, 0.3) is 11.0 Å². The number of aryl methyl sites for hydroxylation is 1.